The van der Waals surface area contributed by atoms with Crippen LogP contribution in [0.4, 0.5) is 0 Å². The summed E-state index contributed by atoms with van der Waals surface area (Å²) in [6.07, 6.45) is 3.53. The number of nitrogens with two attached hydrogens (primary N) is 1. The van der Waals surface area contributed by atoms with Crippen LogP contribution in [-0.4, -0.2) is 51.2 Å². The van der Waals surface area contributed by atoms with Crippen molar-refractivity contribution in [3.05, 3.63) is 0 Å². The largest absolute Gasteiger partial charge is 0.466 e. The molecule has 0 saturated carbocycles. The zero-order valence-corrected chi connectivity index (χ0v) is 13.4. The average Bonchev–Trinajstić information content (AvgIpc) is 2.38. The van der Waals surface area contributed by atoms with E-state index in [1.165, 1.54) is 10.6 Å². The first kappa shape index (κ1) is 17.4. The highest BCUT2D eigenvalue weighted by molar-refractivity contribution is 7.88. The van der Waals surface area contributed by atoms with Gasteiger partial charge in [-0.3, -0.25) is 4.79 Å². The van der Waals surface area contributed by atoms with Gasteiger partial charge < -0.3 is 10.5 Å². The molecule has 20 heavy (non-hydrogen) atoms. The molecule has 0 aromatic carbocycles. The molecule has 7 heteroatoms. The predicted octanol–water partition coefficient (Wildman–Crippen LogP) is 0.576. The van der Waals surface area contributed by atoms with Crippen LogP contribution in [0.15, 0.2) is 0 Å². The summed E-state index contributed by atoms with van der Waals surface area (Å²) in [5.74, 6) is -0.143. The van der Waals surface area contributed by atoms with E-state index in [0.717, 1.165) is 12.8 Å². The lowest BCUT2D eigenvalue weighted by atomic mass is 9.78. The Morgan fingerprint density at radius 3 is 2.65 bits per heavy atom. The molecule has 1 heterocycles. The molecule has 1 rings (SSSR count). The zero-order chi connectivity index (χ0) is 15.4. The van der Waals surface area contributed by atoms with Gasteiger partial charge in [-0.1, -0.05) is 0 Å². The van der Waals surface area contributed by atoms with Crippen molar-refractivity contribution in [2.24, 2.45) is 17.1 Å². The molecule has 0 aliphatic carbocycles. The Labute approximate surface area is 121 Å². The molecule has 0 bridgehead atoms. The lowest BCUT2D eigenvalue weighted by Crippen LogP contribution is -2.44. The van der Waals surface area contributed by atoms with E-state index in [9.17, 15) is 13.2 Å². The molecule has 1 aliphatic rings. The van der Waals surface area contributed by atoms with Gasteiger partial charge in [0.2, 0.25) is 10.0 Å². The molecular weight excluding hydrogens is 280 g/mol. The van der Waals surface area contributed by atoms with E-state index in [1.54, 1.807) is 13.8 Å². The van der Waals surface area contributed by atoms with Gasteiger partial charge in [-0.2, -0.15) is 0 Å². The molecule has 1 aliphatic heterocycles. The fraction of sp³-hybridized carbons (Fsp3) is 0.923. The number of carbonyl (C=O) groups excluding carboxylic acids is 1. The lowest BCUT2D eigenvalue weighted by molar-refractivity contribution is -0.155. The standard InChI is InChI=1S/C13H26N2O4S/c1-4-19-12(16)13(2,10-14)8-11-6-5-7-15(9-11)20(3,17)18/h11H,4-10,14H2,1-3H3. The second-order valence-electron chi connectivity index (χ2n) is 5.82. The summed E-state index contributed by atoms with van der Waals surface area (Å²) in [4.78, 5) is 12.0. The highest BCUT2D eigenvalue weighted by Gasteiger charge is 2.38. The first-order valence-corrected chi connectivity index (χ1v) is 8.90. The van der Waals surface area contributed by atoms with Crippen LogP contribution in [0.1, 0.15) is 33.1 Å². The maximum atomic E-state index is 12.0. The normalized spacial score (nSPS) is 24.1. The van der Waals surface area contributed by atoms with Crippen LogP contribution in [0.2, 0.25) is 0 Å². The smallest absolute Gasteiger partial charge is 0.313 e. The Morgan fingerprint density at radius 2 is 2.15 bits per heavy atom. The topological polar surface area (TPSA) is 89.7 Å². The molecule has 0 aromatic heterocycles. The third kappa shape index (κ3) is 4.43. The minimum Gasteiger partial charge on any atom is -0.466 e. The first-order chi connectivity index (χ1) is 9.23. The van der Waals surface area contributed by atoms with Crippen molar-refractivity contribution in [3.8, 4) is 0 Å². The Balaban J connectivity index is 2.72. The molecular formula is C13H26N2O4S. The van der Waals surface area contributed by atoms with Crippen molar-refractivity contribution in [1.29, 1.82) is 0 Å². The van der Waals surface area contributed by atoms with Gasteiger partial charge >= 0.3 is 5.97 Å². The number of sulfonamides is 1. The highest BCUT2D eigenvalue weighted by Crippen LogP contribution is 2.32. The predicted molar refractivity (Wildman–Crippen MR) is 77.6 cm³/mol. The van der Waals surface area contributed by atoms with Gasteiger partial charge in [0.1, 0.15) is 0 Å². The summed E-state index contributed by atoms with van der Waals surface area (Å²) < 4.78 is 29.8. The quantitative estimate of drug-likeness (QED) is 0.725. The molecule has 2 N–H and O–H groups in total. The summed E-state index contributed by atoms with van der Waals surface area (Å²) in [7, 11) is -3.17. The number of rotatable bonds is 6. The molecule has 0 amide bonds. The third-order valence-corrected chi connectivity index (χ3v) is 5.18. The Hall–Kier alpha value is -0.660. The summed E-state index contributed by atoms with van der Waals surface area (Å²) in [6.45, 7) is 5.13. The van der Waals surface area contributed by atoms with Gasteiger partial charge in [-0.05, 0) is 39.0 Å². The molecule has 0 aromatic rings. The second-order valence-corrected chi connectivity index (χ2v) is 7.80. The average molecular weight is 306 g/mol. The van der Waals surface area contributed by atoms with Gasteiger partial charge in [-0.25, -0.2) is 12.7 Å². The molecule has 6 nitrogen and oxygen atoms in total. The fourth-order valence-corrected chi connectivity index (χ4v) is 3.63. The van der Waals surface area contributed by atoms with Crippen molar-refractivity contribution in [3.63, 3.8) is 0 Å². The van der Waals surface area contributed by atoms with Crippen molar-refractivity contribution < 1.29 is 17.9 Å². The van der Waals surface area contributed by atoms with Gasteiger partial charge in [0, 0.05) is 19.6 Å². The van der Waals surface area contributed by atoms with Crippen LogP contribution in [0.3, 0.4) is 0 Å². The van der Waals surface area contributed by atoms with Gasteiger partial charge in [0.25, 0.3) is 0 Å². The van der Waals surface area contributed by atoms with E-state index in [4.69, 9.17) is 10.5 Å². The SMILES string of the molecule is CCOC(=O)C(C)(CN)CC1CCCN(S(C)(=O)=O)C1. The Bertz CT molecular complexity index is 438. The van der Waals surface area contributed by atoms with Crippen LogP contribution < -0.4 is 5.73 Å². The molecule has 2 atom stereocenters. The van der Waals surface area contributed by atoms with Crippen molar-refractivity contribution in [1.82, 2.24) is 4.31 Å². The molecule has 118 valence electrons. The van der Waals surface area contributed by atoms with Crippen LogP contribution >= 0.6 is 0 Å². The summed E-state index contributed by atoms with van der Waals surface area (Å²) in [6, 6.07) is 0. The van der Waals surface area contributed by atoms with Crippen LogP contribution in [-0.2, 0) is 19.6 Å². The first-order valence-electron chi connectivity index (χ1n) is 7.05. The minimum atomic E-state index is -3.17. The van der Waals surface area contributed by atoms with E-state index < -0.39 is 15.4 Å². The monoisotopic (exact) mass is 306 g/mol. The minimum absolute atomic E-state index is 0.149. The molecule has 2 unspecified atom stereocenters. The molecule has 0 radical (unpaired) electrons. The van der Waals surface area contributed by atoms with E-state index in [1.807, 2.05) is 0 Å². The second kappa shape index (κ2) is 6.87. The summed E-state index contributed by atoms with van der Waals surface area (Å²) in [5.41, 5.74) is 5.01. The third-order valence-electron chi connectivity index (χ3n) is 3.91. The maximum Gasteiger partial charge on any atom is 0.313 e. The zero-order valence-electron chi connectivity index (χ0n) is 12.6. The van der Waals surface area contributed by atoms with Gasteiger partial charge in [0.05, 0.1) is 18.3 Å². The van der Waals surface area contributed by atoms with E-state index in [0.29, 0.717) is 26.1 Å². The van der Waals surface area contributed by atoms with Crippen LogP contribution in [0.25, 0.3) is 0 Å². The lowest BCUT2D eigenvalue weighted by Gasteiger charge is -2.35. The summed E-state index contributed by atoms with van der Waals surface area (Å²) >= 11 is 0. The van der Waals surface area contributed by atoms with Crippen molar-refractivity contribution in [2.45, 2.75) is 33.1 Å². The number of carbonyl (C=O) groups is 1. The number of hydrogen-bond donors (Lipinski definition) is 1. The fourth-order valence-electron chi connectivity index (χ4n) is 2.69. The Kier molecular flexibility index (Phi) is 5.97. The number of ether oxygens (including phenoxy) is 1. The van der Waals surface area contributed by atoms with E-state index in [2.05, 4.69) is 0 Å². The molecule has 1 saturated heterocycles. The maximum absolute atomic E-state index is 12.0. The van der Waals surface area contributed by atoms with E-state index >= 15 is 0 Å². The van der Waals surface area contributed by atoms with Crippen LogP contribution in [0.5, 0.6) is 0 Å². The molecule has 1 fully saturated rings. The summed E-state index contributed by atoms with van der Waals surface area (Å²) in [5, 5.41) is 0. The Morgan fingerprint density at radius 1 is 1.50 bits per heavy atom. The van der Waals surface area contributed by atoms with Crippen molar-refractivity contribution >= 4 is 16.0 Å². The van der Waals surface area contributed by atoms with E-state index in [-0.39, 0.29) is 18.4 Å². The number of esters is 1. The van der Waals surface area contributed by atoms with Gasteiger partial charge in [0.15, 0.2) is 0 Å². The number of hydrogen-bond acceptors (Lipinski definition) is 5. The number of piperidine rings is 1. The van der Waals surface area contributed by atoms with Gasteiger partial charge in [-0.15, -0.1) is 0 Å². The van der Waals surface area contributed by atoms with Crippen LogP contribution in [0, 0.1) is 11.3 Å². The van der Waals surface area contributed by atoms with Crippen molar-refractivity contribution in [2.75, 3.05) is 32.5 Å². The highest BCUT2D eigenvalue weighted by atomic mass is 32.2. The number of nitrogens with zero attached hydrogens (tertiary/aromatic N) is 1. The molecule has 0 spiro atoms.